The first-order chi connectivity index (χ1) is 9.58. The normalized spacial score (nSPS) is 10.6. The van der Waals surface area contributed by atoms with Gasteiger partial charge in [-0.15, -0.1) is 0 Å². The van der Waals surface area contributed by atoms with Crippen LogP contribution in [0.5, 0.6) is 0 Å². The molecule has 1 amide bonds. The van der Waals surface area contributed by atoms with Crippen LogP contribution in [0.3, 0.4) is 0 Å². The molecule has 0 aliphatic heterocycles. The predicted molar refractivity (Wildman–Crippen MR) is 74.9 cm³/mol. The van der Waals surface area contributed by atoms with Crippen LogP contribution in [0.15, 0.2) is 24.3 Å². The molecule has 0 saturated heterocycles. The molecule has 1 aromatic heterocycles. The molecule has 0 saturated carbocycles. The van der Waals surface area contributed by atoms with Crippen molar-refractivity contribution >= 4 is 5.91 Å². The Morgan fingerprint density at radius 3 is 2.75 bits per heavy atom. The maximum absolute atomic E-state index is 13.4. The molecule has 20 heavy (non-hydrogen) atoms. The Labute approximate surface area is 117 Å². The molecule has 5 heteroatoms. The molecule has 2 N–H and O–H groups in total. The molecule has 0 spiro atoms. The Morgan fingerprint density at radius 1 is 1.35 bits per heavy atom. The predicted octanol–water partition coefficient (Wildman–Crippen LogP) is 2.07. The summed E-state index contributed by atoms with van der Waals surface area (Å²) in [6.45, 7) is 4.18. The number of nitrogens with zero attached hydrogens (tertiary/aromatic N) is 1. The number of aryl methyl sites for hydroxylation is 2. The monoisotopic (exact) mass is 275 g/mol. The molecule has 0 atom stereocenters. The highest BCUT2D eigenvalue weighted by atomic mass is 19.1. The Bertz CT molecular complexity index is 587. The third-order valence-electron chi connectivity index (χ3n) is 3.29. The van der Waals surface area contributed by atoms with Gasteiger partial charge in [-0.05, 0) is 31.9 Å². The van der Waals surface area contributed by atoms with Crippen LogP contribution < -0.4 is 5.32 Å². The van der Waals surface area contributed by atoms with E-state index in [0.717, 1.165) is 17.0 Å². The summed E-state index contributed by atoms with van der Waals surface area (Å²) in [4.78, 5) is 11.8. The van der Waals surface area contributed by atoms with E-state index in [0.29, 0.717) is 24.9 Å². The van der Waals surface area contributed by atoms with Gasteiger partial charge in [0, 0.05) is 17.8 Å². The van der Waals surface area contributed by atoms with E-state index in [4.69, 9.17) is 0 Å². The highest BCUT2D eigenvalue weighted by molar-refractivity contribution is 5.79. The van der Waals surface area contributed by atoms with Crippen molar-refractivity contribution in [3.05, 3.63) is 52.6 Å². The lowest BCUT2D eigenvalue weighted by Gasteiger charge is -2.06. The van der Waals surface area contributed by atoms with Gasteiger partial charge in [-0.1, -0.05) is 18.2 Å². The van der Waals surface area contributed by atoms with Crippen molar-refractivity contribution in [3.63, 3.8) is 0 Å². The van der Waals surface area contributed by atoms with Crippen LogP contribution in [-0.4, -0.2) is 22.6 Å². The molecule has 0 bridgehead atoms. The van der Waals surface area contributed by atoms with Crippen molar-refractivity contribution in [2.75, 3.05) is 6.54 Å². The summed E-state index contributed by atoms with van der Waals surface area (Å²) in [5.74, 6) is -0.308. The molecule has 0 radical (unpaired) electrons. The molecule has 0 aliphatic carbocycles. The molecule has 1 heterocycles. The zero-order valence-electron chi connectivity index (χ0n) is 11.7. The lowest BCUT2D eigenvalue weighted by Crippen LogP contribution is -2.27. The first-order valence-corrected chi connectivity index (χ1v) is 6.58. The van der Waals surface area contributed by atoms with Crippen LogP contribution >= 0.6 is 0 Å². The Morgan fingerprint density at radius 2 is 2.10 bits per heavy atom. The standard InChI is InChI=1S/C15H18FN3O/c1-10-13(11(2)19-18-10)9-15(20)17-8-7-12-5-3-4-6-14(12)16/h3-6H,7-9H2,1-2H3,(H,17,20)(H,18,19). The van der Waals surface area contributed by atoms with Crippen LogP contribution in [-0.2, 0) is 17.6 Å². The summed E-state index contributed by atoms with van der Waals surface area (Å²) >= 11 is 0. The number of aromatic nitrogens is 2. The summed E-state index contributed by atoms with van der Waals surface area (Å²) in [5.41, 5.74) is 3.29. The number of nitrogens with one attached hydrogen (secondary N) is 2. The summed E-state index contributed by atoms with van der Waals surface area (Å²) in [5, 5.41) is 9.71. The summed E-state index contributed by atoms with van der Waals surface area (Å²) in [6.07, 6.45) is 0.785. The average molecular weight is 275 g/mol. The molecule has 106 valence electrons. The second kappa shape index (κ2) is 6.32. The number of benzene rings is 1. The lowest BCUT2D eigenvalue weighted by molar-refractivity contribution is -0.120. The van der Waals surface area contributed by atoms with E-state index in [1.54, 1.807) is 18.2 Å². The van der Waals surface area contributed by atoms with Gasteiger partial charge < -0.3 is 5.32 Å². The second-order valence-corrected chi connectivity index (χ2v) is 4.78. The van der Waals surface area contributed by atoms with Gasteiger partial charge >= 0.3 is 0 Å². The Hall–Kier alpha value is -2.17. The first kappa shape index (κ1) is 14.2. The van der Waals surface area contributed by atoms with Gasteiger partial charge in [0.15, 0.2) is 0 Å². The number of carbonyl (C=O) groups excluding carboxylic acids is 1. The maximum Gasteiger partial charge on any atom is 0.224 e. The fraction of sp³-hybridized carbons (Fsp3) is 0.333. The molecule has 1 aromatic carbocycles. The highest BCUT2D eigenvalue weighted by Gasteiger charge is 2.11. The minimum atomic E-state index is -0.233. The van der Waals surface area contributed by atoms with Crippen LogP contribution in [0.4, 0.5) is 4.39 Å². The molecule has 4 nitrogen and oxygen atoms in total. The molecule has 2 aromatic rings. The van der Waals surface area contributed by atoms with Crippen LogP contribution in [0, 0.1) is 19.7 Å². The van der Waals surface area contributed by atoms with E-state index in [1.165, 1.54) is 6.07 Å². The third-order valence-corrected chi connectivity index (χ3v) is 3.29. The van der Waals surface area contributed by atoms with Crippen molar-refractivity contribution in [3.8, 4) is 0 Å². The molecular formula is C15H18FN3O. The first-order valence-electron chi connectivity index (χ1n) is 6.58. The fourth-order valence-electron chi connectivity index (χ4n) is 2.10. The van der Waals surface area contributed by atoms with Gasteiger partial charge in [0.2, 0.25) is 5.91 Å². The zero-order chi connectivity index (χ0) is 14.5. The van der Waals surface area contributed by atoms with Crippen molar-refractivity contribution in [1.29, 1.82) is 0 Å². The number of halogens is 1. The minimum Gasteiger partial charge on any atom is -0.355 e. The zero-order valence-corrected chi connectivity index (χ0v) is 11.7. The highest BCUT2D eigenvalue weighted by Crippen LogP contribution is 2.10. The van der Waals surface area contributed by atoms with Crippen LogP contribution in [0.2, 0.25) is 0 Å². The SMILES string of the molecule is Cc1n[nH]c(C)c1CC(=O)NCCc1ccccc1F. The molecular weight excluding hydrogens is 257 g/mol. The van der Waals surface area contributed by atoms with E-state index >= 15 is 0 Å². The molecule has 2 rings (SSSR count). The number of hydrogen-bond donors (Lipinski definition) is 2. The lowest BCUT2D eigenvalue weighted by atomic mass is 10.1. The van der Waals surface area contributed by atoms with Gasteiger partial charge in [0.1, 0.15) is 5.82 Å². The van der Waals surface area contributed by atoms with E-state index in [2.05, 4.69) is 15.5 Å². The van der Waals surface area contributed by atoms with Gasteiger partial charge in [-0.3, -0.25) is 9.89 Å². The van der Waals surface area contributed by atoms with E-state index in [9.17, 15) is 9.18 Å². The van der Waals surface area contributed by atoms with Gasteiger partial charge in [-0.25, -0.2) is 4.39 Å². The second-order valence-electron chi connectivity index (χ2n) is 4.78. The molecule has 0 aliphatic rings. The number of aromatic amines is 1. The molecule has 0 unspecified atom stereocenters. The molecule has 0 fully saturated rings. The minimum absolute atomic E-state index is 0.0751. The van der Waals surface area contributed by atoms with E-state index in [-0.39, 0.29) is 11.7 Å². The average Bonchev–Trinajstić information content (AvgIpc) is 2.73. The van der Waals surface area contributed by atoms with Crippen molar-refractivity contribution in [2.24, 2.45) is 0 Å². The van der Waals surface area contributed by atoms with Gasteiger partial charge in [0.05, 0.1) is 12.1 Å². The largest absolute Gasteiger partial charge is 0.355 e. The van der Waals surface area contributed by atoms with Crippen molar-refractivity contribution in [2.45, 2.75) is 26.7 Å². The van der Waals surface area contributed by atoms with Crippen molar-refractivity contribution < 1.29 is 9.18 Å². The number of amides is 1. The Balaban J connectivity index is 1.83. The van der Waals surface area contributed by atoms with Crippen LogP contribution in [0.25, 0.3) is 0 Å². The van der Waals surface area contributed by atoms with Crippen molar-refractivity contribution in [1.82, 2.24) is 15.5 Å². The Kier molecular flexibility index (Phi) is 4.50. The maximum atomic E-state index is 13.4. The number of hydrogen-bond acceptors (Lipinski definition) is 2. The third kappa shape index (κ3) is 3.44. The smallest absolute Gasteiger partial charge is 0.224 e. The van der Waals surface area contributed by atoms with Crippen LogP contribution in [0.1, 0.15) is 22.5 Å². The fourth-order valence-corrected chi connectivity index (χ4v) is 2.10. The van der Waals surface area contributed by atoms with E-state index < -0.39 is 0 Å². The van der Waals surface area contributed by atoms with Gasteiger partial charge in [-0.2, -0.15) is 5.10 Å². The van der Waals surface area contributed by atoms with E-state index in [1.807, 2.05) is 13.8 Å². The summed E-state index contributed by atoms with van der Waals surface area (Å²) in [7, 11) is 0. The van der Waals surface area contributed by atoms with Gasteiger partial charge in [0.25, 0.3) is 0 Å². The number of rotatable bonds is 5. The number of carbonyl (C=O) groups is 1. The summed E-state index contributed by atoms with van der Waals surface area (Å²) < 4.78 is 13.4. The number of H-pyrrole nitrogens is 1. The summed E-state index contributed by atoms with van der Waals surface area (Å²) in [6, 6.07) is 6.60. The topological polar surface area (TPSA) is 57.8 Å². The quantitative estimate of drug-likeness (QED) is 0.877.